The smallest absolute Gasteiger partial charge is 0.307 e. The number of nitrogens with zero attached hydrogens (tertiary/aromatic N) is 4. The van der Waals surface area contributed by atoms with Crippen molar-refractivity contribution in [1.29, 1.82) is 0 Å². The largest absolute Gasteiger partial charge is 0.469 e. The number of ether oxygens (including phenoxy) is 1. The average molecular weight is 450 g/mol. The molecule has 3 aromatic rings. The molecule has 0 aromatic carbocycles. The zero-order chi connectivity index (χ0) is 22.8. The molecular formula is C24H27N5O2S. The number of hydrogen-bond acceptors (Lipinski definition) is 5. The molecule has 0 unspecified atom stereocenters. The molecule has 1 fully saturated rings. The van der Waals surface area contributed by atoms with Crippen LogP contribution in [0, 0.1) is 20.8 Å². The SMILES string of the molecule is COC(=O)CCN1C(=S)N[C@@H](c2ccccn2)[C@@H]1c1cc(C)n(-c2ccc(C)cn2)c1C. The molecule has 0 amide bonds. The van der Waals surface area contributed by atoms with Crippen LogP contribution in [0.1, 0.15) is 46.7 Å². The van der Waals surface area contributed by atoms with E-state index in [0.29, 0.717) is 11.7 Å². The molecule has 4 rings (SSSR count). The first-order valence-electron chi connectivity index (χ1n) is 10.6. The number of nitrogens with one attached hydrogen (secondary N) is 1. The quantitative estimate of drug-likeness (QED) is 0.454. The van der Waals surface area contributed by atoms with Gasteiger partial charge in [0.25, 0.3) is 0 Å². The summed E-state index contributed by atoms with van der Waals surface area (Å²) in [6, 6.07) is 11.9. The molecule has 8 heteroatoms. The van der Waals surface area contributed by atoms with Crippen LogP contribution in [0.15, 0.2) is 48.8 Å². The second-order valence-electron chi connectivity index (χ2n) is 8.00. The van der Waals surface area contributed by atoms with Crippen molar-refractivity contribution in [1.82, 2.24) is 24.8 Å². The summed E-state index contributed by atoms with van der Waals surface area (Å²) in [4.78, 5) is 23.2. The summed E-state index contributed by atoms with van der Waals surface area (Å²) in [6.45, 7) is 6.66. The Morgan fingerprint density at radius 3 is 2.66 bits per heavy atom. The Labute approximate surface area is 193 Å². The number of hydrogen-bond donors (Lipinski definition) is 1. The molecule has 4 heterocycles. The molecule has 0 saturated carbocycles. The minimum absolute atomic E-state index is 0.118. The number of esters is 1. The highest BCUT2D eigenvalue weighted by Gasteiger charge is 2.41. The summed E-state index contributed by atoms with van der Waals surface area (Å²) >= 11 is 5.69. The Morgan fingerprint density at radius 1 is 1.19 bits per heavy atom. The average Bonchev–Trinajstić information content (AvgIpc) is 3.28. The zero-order valence-corrected chi connectivity index (χ0v) is 19.5. The van der Waals surface area contributed by atoms with E-state index >= 15 is 0 Å². The fourth-order valence-electron chi connectivity index (χ4n) is 4.33. The molecule has 1 aliphatic rings. The summed E-state index contributed by atoms with van der Waals surface area (Å²) in [5, 5.41) is 4.04. The van der Waals surface area contributed by atoms with Crippen molar-refractivity contribution >= 4 is 23.3 Å². The lowest BCUT2D eigenvalue weighted by Crippen LogP contribution is -2.32. The third-order valence-electron chi connectivity index (χ3n) is 5.90. The molecule has 0 bridgehead atoms. The molecule has 1 N–H and O–H groups in total. The van der Waals surface area contributed by atoms with Gasteiger partial charge in [0.15, 0.2) is 5.11 Å². The van der Waals surface area contributed by atoms with Crippen LogP contribution in [0.4, 0.5) is 0 Å². The minimum Gasteiger partial charge on any atom is -0.469 e. The van der Waals surface area contributed by atoms with Crippen LogP contribution >= 0.6 is 12.2 Å². The maximum atomic E-state index is 11.9. The predicted octanol–water partition coefficient (Wildman–Crippen LogP) is 3.73. The van der Waals surface area contributed by atoms with Gasteiger partial charge in [-0.25, -0.2) is 4.98 Å². The molecule has 7 nitrogen and oxygen atoms in total. The van der Waals surface area contributed by atoms with E-state index in [0.717, 1.165) is 34.0 Å². The minimum atomic E-state index is -0.262. The number of carbonyl (C=O) groups excluding carboxylic acids is 1. The van der Waals surface area contributed by atoms with E-state index in [1.54, 1.807) is 6.20 Å². The molecule has 0 spiro atoms. The van der Waals surface area contributed by atoms with E-state index in [-0.39, 0.29) is 24.5 Å². The number of carbonyl (C=O) groups is 1. The number of pyridine rings is 2. The second kappa shape index (κ2) is 9.08. The van der Waals surface area contributed by atoms with E-state index in [9.17, 15) is 4.79 Å². The van der Waals surface area contributed by atoms with Gasteiger partial charge >= 0.3 is 5.97 Å². The maximum absolute atomic E-state index is 11.9. The van der Waals surface area contributed by atoms with Crippen LogP contribution in [0.3, 0.4) is 0 Å². The van der Waals surface area contributed by atoms with Crippen LogP contribution in [0.25, 0.3) is 5.82 Å². The Bertz CT molecular complexity index is 1130. The molecule has 32 heavy (non-hydrogen) atoms. The van der Waals surface area contributed by atoms with Gasteiger partial charge in [-0.05, 0) is 68.4 Å². The normalized spacial score (nSPS) is 18.0. The monoisotopic (exact) mass is 449 g/mol. The third kappa shape index (κ3) is 4.10. The highest BCUT2D eigenvalue weighted by Crippen LogP contribution is 2.41. The second-order valence-corrected chi connectivity index (χ2v) is 8.39. The summed E-state index contributed by atoms with van der Waals surface area (Å²) in [5.41, 5.74) is 5.31. The van der Waals surface area contributed by atoms with Crippen LogP contribution in [0.2, 0.25) is 0 Å². The van der Waals surface area contributed by atoms with E-state index in [2.05, 4.69) is 50.7 Å². The van der Waals surface area contributed by atoms with Crippen LogP contribution < -0.4 is 5.32 Å². The van der Waals surface area contributed by atoms with E-state index in [1.807, 2.05) is 37.4 Å². The summed E-state index contributed by atoms with van der Waals surface area (Å²) in [5.74, 6) is 0.614. The van der Waals surface area contributed by atoms with Gasteiger partial charge < -0.3 is 19.5 Å². The van der Waals surface area contributed by atoms with Gasteiger partial charge in [0.2, 0.25) is 0 Å². The fraction of sp³-hybridized carbons (Fsp3) is 0.333. The summed E-state index contributed by atoms with van der Waals surface area (Å²) in [6.07, 6.45) is 3.91. The number of methoxy groups -OCH3 is 1. The van der Waals surface area contributed by atoms with Crippen molar-refractivity contribution in [2.45, 2.75) is 39.3 Å². The Balaban J connectivity index is 1.78. The van der Waals surface area contributed by atoms with Gasteiger partial charge in [-0.1, -0.05) is 12.1 Å². The van der Waals surface area contributed by atoms with Crippen LogP contribution in [0.5, 0.6) is 0 Å². The first-order valence-corrected chi connectivity index (χ1v) is 11.0. The van der Waals surface area contributed by atoms with Gasteiger partial charge in [-0.3, -0.25) is 9.78 Å². The Morgan fingerprint density at radius 2 is 2.00 bits per heavy atom. The highest BCUT2D eigenvalue weighted by molar-refractivity contribution is 7.80. The Hall–Kier alpha value is -3.26. The van der Waals surface area contributed by atoms with Crippen LogP contribution in [-0.2, 0) is 9.53 Å². The van der Waals surface area contributed by atoms with Crippen LogP contribution in [-0.4, -0.2) is 44.2 Å². The van der Waals surface area contributed by atoms with Crippen molar-refractivity contribution in [3.8, 4) is 5.82 Å². The lowest BCUT2D eigenvalue weighted by Gasteiger charge is -2.27. The van der Waals surface area contributed by atoms with E-state index in [4.69, 9.17) is 17.0 Å². The Kier molecular flexibility index (Phi) is 6.23. The molecule has 1 aliphatic heterocycles. The number of aryl methyl sites for hydroxylation is 2. The summed E-state index contributed by atoms with van der Waals surface area (Å²) < 4.78 is 7.01. The van der Waals surface area contributed by atoms with Gasteiger partial charge in [0.05, 0.1) is 31.3 Å². The summed E-state index contributed by atoms with van der Waals surface area (Å²) in [7, 11) is 1.40. The fourth-order valence-corrected chi connectivity index (χ4v) is 4.66. The molecule has 1 saturated heterocycles. The predicted molar refractivity (Wildman–Crippen MR) is 127 cm³/mol. The number of thiocarbonyl (C=S) groups is 1. The standard InChI is InChI=1S/C24H27N5O2S/c1-15-8-9-20(26-14-15)29-16(2)13-18(17(29)3)23-22(19-7-5-6-11-25-19)27-24(32)28(23)12-10-21(30)31-4/h5-9,11,13-14,22-23H,10,12H2,1-4H3,(H,27,32)/t22-,23-/m0/s1. The van der Waals surface area contributed by atoms with E-state index in [1.165, 1.54) is 7.11 Å². The first kappa shape index (κ1) is 22.0. The van der Waals surface area contributed by atoms with Gasteiger partial charge in [0.1, 0.15) is 5.82 Å². The van der Waals surface area contributed by atoms with Crippen molar-refractivity contribution in [3.63, 3.8) is 0 Å². The first-order chi connectivity index (χ1) is 15.4. The number of rotatable bonds is 6. The number of aromatic nitrogens is 3. The lowest BCUT2D eigenvalue weighted by atomic mass is 9.96. The van der Waals surface area contributed by atoms with Gasteiger partial charge in [-0.2, -0.15) is 0 Å². The molecular weight excluding hydrogens is 422 g/mol. The van der Waals surface area contributed by atoms with Crippen molar-refractivity contribution in [3.05, 3.63) is 77.0 Å². The topological polar surface area (TPSA) is 72.3 Å². The highest BCUT2D eigenvalue weighted by atomic mass is 32.1. The van der Waals surface area contributed by atoms with Crippen molar-refractivity contribution in [2.75, 3.05) is 13.7 Å². The van der Waals surface area contributed by atoms with Crippen molar-refractivity contribution < 1.29 is 9.53 Å². The molecule has 0 radical (unpaired) electrons. The molecule has 2 atom stereocenters. The molecule has 0 aliphatic carbocycles. The molecule has 166 valence electrons. The maximum Gasteiger partial charge on any atom is 0.307 e. The van der Waals surface area contributed by atoms with Gasteiger partial charge in [-0.15, -0.1) is 0 Å². The zero-order valence-electron chi connectivity index (χ0n) is 18.7. The van der Waals surface area contributed by atoms with Gasteiger partial charge in [0, 0.05) is 30.3 Å². The van der Waals surface area contributed by atoms with E-state index < -0.39 is 0 Å². The third-order valence-corrected chi connectivity index (χ3v) is 6.25. The van der Waals surface area contributed by atoms with Crippen molar-refractivity contribution in [2.24, 2.45) is 0 Å². The lowest BCUT2D eigenvalue weighted by molar-refractivity contribution is -0.140. The molecule has 3 aromatic heterocycles.